The lowest BCUT2D eigenvalue weighted by molar-refractivity contribution is -0.0000396. The van der Waals surface area contributed by atoms with Gasteiger partial charge in [-0.25, -0.2) is 0 Å². The molecular weight excluding hydrogens is 300 g/mol. The fourth-order valence-corrected chi connectivity index (χ4v) is 3.51. The molecule has 94 valence electrons. The van der Waals surface area contributed by atoms with Crippen molar-refractivity contribution >= 4 is 27.7 Å². The van der Waals surface area contributed by atoms with E-state index in [2.05, 4.69) is 28.1 Å². The van der Waals surface area contributed by atoms with Gasteiger partial charge in [-0.1, -0.05) is 22.0 Å². The summed E-state index contributed by atoms with van der Waals surface area (Å²) in [6.07, 6.45) is 1.89. The maximum Gasteiger partial charge on any atom is 0.0684 e. The number of aliphatic hydroxyl groups is 1. The molecular formula is C13H17BrO2S. The second kappa shape index (κ2) is 6.78. The quantitative estimate of drug-likeness (QED) is 0.864. The van der Waals surface area contributed by atoms with E-state index in [1.807, 2.05) is 12.1 Å². The molecule has 1 aliphatic rings. The number of hydrogen-bond acceptors (Lipinski definition) is 3. The summed E-state index contributed by atoms with van der Waals surface area (Å²) in [5.74, 6) is 1.05. The summed E-state index contributed by atoms with van der Waals surface area (Å²) >= 11 is 5.15. The highest BCUT2D eigenvalue weighted by Gasteiger charge is 2.22. The second-order valence-corrected chi connectivity index (χ2v) is 6.32. The molecule has 2 rings (SSSR count). The van der Waals surface area contributed by atoms with E-state index in [0.29, 0.717) is 12.5 Å². The van der Waals surface area contributed by atoms with E-state index in [4.69, 9.17) is 4.74 Å². The van der Waals surface area contributed by atoms with Gasteiger partial charge in [-0.3, -0.25) is 0 Å². The van der Waals surface area contributed by atoms with Crippen molar-refractivity contribution in [1.82, 2.24) is 0 Å². The third-order valence-electron chi connectivity index (χ3n) is 2.96. The number of rotatable bonds is 4. The molecule has 2 unspecified atom stereocenters. The standard InChI is InChI=1S/C13H17BrO2S/c14-11-4-1-5-12(7-11)17-9-13(15)10-3-2-6-16-8-10/h1,4-5,7,10,13,15H,2-3,6,8-9H2. The Bertz CT molecular complexity index is 353. The van der Waals surface area contributed by atoms with E-state index in [1.54, 1.807) is 11.8 Å². The largest absolute Gasteiger partial charge is 0.392 e. The van der Waals surface area contributed by atoms with Crippen molar-refractivity contribution in [1.29, 1.82) is 0 Å². The van der Waals surface area contributed by atoms with Crippen LogP contribution in [-0.4, -0.2) is 30.2 Å². The summed E-state index contributed by atoms with van der Waals surface area (Å²) in [5, 5.41) is 10.1. The first kappa shape index (κ1) is 13.4. The van der Waals surface area contributed by atoms with Crippen LogP contribution in [-0.2, 0) is 4.74 Å². The van der Waals surface area contributed by atoms with E-state index < -0.39 is 0 Å². The van der Waals surface area contributed by atoms with Crippen LogP contribution in [0.1, 0.15) is 12.8 Å². The average molecular weight is 317 g/mol. The minimum absolute atomic E-state index is 0.265. The van der Waals surface area contributed by atoms with Crippen LogP contribution in [0.25, 0.3) is 0 Å². The molecule has 0 saturated carbocycles. The monoisotopic (exact) mass is 316 g/mol. The van der Waals surface area contributed by atoms with Crippen molar-refractivity contribution in [3.63, 3.8) is 0 Å². The molecule has 0 bridgehead atoms. The van der Waals surface area contributed by atoms with Gasteiger partial charge < -0.3 is 9.84 Å². The minimum Gasteiger partial charge on any atom is -0.392 e. The van der Waals surface area contributed by atoms with Crippen molar-refractivity contribution in [2.75, 3.05) is 19.0 Å². The average Bonchev–Trinajstić information content (AvgIpc) is 2.37. The lowest BCUT2D eigenvalue weighted by Gasteiger charge is -2.26. The minimum atomic E-state index is -0.265. The van der Waals surface area contributed by atoms with Crippen LogP contribution < -0.4 is 0 Å². The van der Waals surface area contributed by atoms with Crippen LogP contribution in [0, 0.1) is 5.92 Å². The summed E-state index contributed by atoms with van der Waals surface area (Å²) in [6, 6.07) is 8.17. The van der Waals surface area contributed by atoms with Gasteiger partial charge in [0.2, 0.25) is 0 Å². The molecule has 2 atom stereocenters. The van der Waals surface area contributed by atoms with Gasteiger partial charge in [0.05, 0.1) is 12.7 Å². The van der Waals surface area contributed by atoms with Gasteiger partial charge in [-0.2, -0.15) is 0 Å². The Kier molecular flexibility index (Phi) is 5.35. The maximum atomic E-state index is 10.1. The number of ether oxygens (including phenoxy) is 1. The van der Waals surface area contributed by atoms with Gasteiger partial charge in [0.15, 0.2) is 0 Å². The van der Waals surface area contributed by atoms with Crippen molar-refractivity contribution in [2.24, 2.45) is 5.92 Å². The van der Waals surface area contributed by atoms with Crippen LogP contribution in [0.4, 0.5) is 0 Å². The zero-order valence-corrected chi connectivity index (χ0v) is 12.0. The molecule has 2 nitrogen and oxygen atoms in total. The maximum absolute atomic E-state index is 10.1. The van der Waals surface area contributed by atoms with Gasteiger partial charge >= 0.3 is 0 Å². The topological polar surface area (TPSA) is 29.5 Å². The molecule has 1 aliphatic heterocycles. The second-order valence-electron chi connectivity index (χ2n) is 4.31. The molecule has 0 radical (unpaired) electrons. The van der Waals surface area contributed by atoms with Crippen LogP contribution >= 0.6 is 27.7 Å². The number of thioether (sulfide) groups is 1. The number of hydrogen-bond donors (Lipinski definition) is 1. The predicted octanol–water partition coefficient (Wildman–Crippen LogP) is 3.33. The first-order valence-electron chi connectivity index (χ1n) is 5.90. The van der Waals surface area contributed by atoms with Gasteiger partial charge in [0.1, 0.15) is 0 Å². The molecule has 1 fully saturated rings. The van der Waals surface area contributed by atoms with Crippen LogP contribution in [0.3, 0.4) is 0 Å². The highest BCUT2D eigenvalue weighted by molar-refractivity contribution is 9.10. The Labute approximate surface area is 115 Å². The molecule has 1 aromatic rings. The van der Waals surface area contributed by atoms with Gasteiger partial charge in [0.25, 0.3) is 0 Å². The van der Waals surface area contributed by atoms with Crippen LogP contribution in [0.2, 0.25) is 0 Å². The predicted molar refractivity (Wildman–Crippen MR) is 74.4 cm³/mol. The van der Waals surface area contributed by atoms with Gasteiger partial charge in [-0.15, -0.1) is 11.8 Å². The smallest absolute Gasteiger partial charge is 0.0684 e. The summed E-state index contributed by atoms with van der Waals surface area (Å²) in [6.45, 7) is 1.56. The highest BCUT2D eigenvalue weighted by atomic mass is 79.9. The van der Waals surface area contributed by atoms with E-state index in [0.717, 1.165) is 29.7 Å². The van der Waals surface area contributed by atoms with E-state index in [1.165, 1.54) is 4.90 Å². The zero-order valence-electron chi connectivity index (χ0n) is 9.64. The molecule has 17 heavy (non-hydrogen) atoms. The molecule has 1 saturated heterocycles. The molecule has 1 aromatic carbocycles. The van der Waals surface area contributed by atoms with Crippen molar-refractivity contribution in [2.45, 2.75) is 23.8 Å². The van der Waals surface area contributed by atoms with Crippen molar-refractivity contribution in [3.8, 4) is 0 Å². The van der Waals surface area contributed by atoms with E-state index in [-0.39, 0.29) is 6.10 Å². The van der Waals surface area contributed by atoms with Crippen LogP contribution in [0.15, 0.2) is 33.6 Å². The van der Waals surface area contributed by atoms with Crippen molar-refractivity contribution in [3.05, 3.63) is 28.7 Å². The Hall–Kier alpha value is -0.0300. The lowest BCUT2D eigenvalue weighted by atomic mass is 9.97. The molecule has 0 aliphatic carbocycles. The summed E-state index contributed by atoms with van der Waals surface area (Å²) in [7, 11) is 0. The Morgan fingerprint density at radius 2 is 2.41 bits per heavy atom. The Balaban J connectivity index is 1.80. The molecule has 0 aromatic heterocycles. The number of benzene rings is 1. The first-order valence-corrected chi connectivity index (χ1v) is 7.68. The highest BCUT2D eigenvalue weighted by Crippen LogP contribution is 2.26. The lowest BCUT2D eigenvalue weighted by Crippen LogP contribution is -2.30. The van der Waals surface area contributed by atoms with Crippen LogP contribution in [0.5, 0.6) is 0 Å². The normalized spacial score (nSPS) is 22.4. The summed E-state index contributed by atoms with van der Waals surface area (Å²) in [4.78, 5) is 1.19. The first-order chi connectivity index (χ1) is 8.25. The molecule has 1 N–H and O–H groups in total. The third kappa shape index (κ3) is 4.28. The van der Waals surface area contributed by atoms with Gasteiger partial charge in [0, 0.05) is 27.6 Å². The Morgan fingerprint density at radius 1 is 1.53 bits per heavy atom. The molecule has 1 heterocycles. The Morgan fingerprint density at radius 3 is 3.12 bits per heavy atom. The third-order valence-corrected chi connectivity index (χ3v) is 4.55. The zero-order chi connectivity index (χ0) is 12.1. The summed E-state index contributed by atoms with van der Waals surface area (Å²) < 4.78 is 6.48. The summed E-state index contributed by atoms with van der Waals surface area (Å²) in [5.41, 5.74) is 0. The fourth-order valence-electron chi connectivity index (χ4n) is 1.94. The number of halogens is 1. The molecule has 0 spiro atoms. The fraction of sp³-hybridized carbons (Fsp3) is 0.538. The number of aliphatic hydroxyl groups excluding tert-OH is 1. The van der Waals surface area contributed by atoms with Gasteiger partial charge in [-0.05, 0) is 31.0 Å². The molecule has 4 heteroatoms. The SMILES string of the molecule is OC(CSc1cccc(Br)c1)C1CCCOC1. The molecule has 0 amide bonds. The van der Waals surface area contributed by atoms with E-state index >= 15 is 0 Å². The van der Waals surface area contributed by atoms with Crippen molar-refractivity contribution < 1.29 is 9.84 Å². The van der Waals surface area contributed by atoms with E-state index in [9.17, 15) is 5.11 Å².